The topological polar surface area (TPSA) is 85.4 Å². The molecule has 162 valence electrons. The van der Waals surface area contributed by atoms with Gasteiger partial charge < -0.3 is 0 Å². The van der Waals surface area contributed by atoms with Gasteiger partial charge in [-0.2, -0.15) is 27.7 Å². The molecule has 0 N–H and O–H groups in total. The molecule has 0 amide bonds. The molecule has 0 aromatic carbocycles. The van der Waals surface area contributed by atoms with Gasteiger partial charge in [0.15, 0.2) is 5.65 Å². The number of hydrogen-bond acceptors (Lipinski definition) is 5. The second-order valence-corrected chi connectivity index (χ2v) is 9.44. The molecule has 4 rings (SSSR count). The van der Waals surface area contributed by atoms with E-state index in [1.807, 2.05) is 0 Å². The minimum atomic E-state index is -4.55. The highest BCUT2D eigenvalue weighted by Gasteiger charge is 2.39. The van der Waals surface area contributed by atoms with Crippen molar-refractivity contribution < 1.29 is 21.6 Å². The Hall–Kier alpha value is -2.18. The summed E-state index contributed by atoms with van der Waals surface area (Å²) in [5, 5.41) is 7.96. The summed E-state index contributed by atoms with van der Waals surface area (Å²) in [5.74, 6) is -0.466. The van der Waals surface area contributed by atoms with Gasteiger partial charge in [0.25, 0.3) is 0 Å². The molecule has 0 unspecified atom stereocenters. The van der Waals surface area contributed by atoms with E-state index in [0.717, 1.165) is 6.07 Å². The molecule has 4 heterocycles. The van der Waals surface area contributed by atoms with Crippen LogP contribution in [-0.2, 0) is 23.2 Å². The highest BCUT2D eigenvalue weighted by atomic mass is 35.5. The number of piperidine rings is 1. The lowest BCUT2D eigenvalue weighted by atomic mass is 9.88. The second-order valence-electron chi connectivity index (χ2n) is 7.21. The van der Waals surface area contributed by atoms with E-state index in [0.29, 0.717) is 0 Å². The maximum Gasteiger partial charge on any atom is 0.416 e. The van der Waals surface area contributed by atoms with Crippen LogP contribution in [0.4, 0.5) is 13.2 Å². The third-order valence-electron chi connectivity index (χ3n) is 5.34. The van der Waals surface area contributed by atoms with Crippen molar-refractivity contribution in [1.29, 1.82) is 0 Å². The van der Waals surface area contributed by atoms with Gasteiger partial charge in [-0.05, 0) is 37.3 Å². The number of aromatic nitrogens is 5. The lowest BCUT2D eigenvalue weighted by Crippen LogP contribution is -2.38. The number of sulfonamides is 1. The van der Waals surface area contributed by atoms with Gasteiger partial charge >= 0.3 is 6.18 Å². The Kier molecular flexibility index (Phi) is 5.06. The van der Waals surface area contributed by atoms with Crippen LogP contribution >= 0.6 is 11.6 Å². The van der Waals surface area contributed by atoms with Gasteiger partial charge in [-0.3, -0.25) is 4.68 Å². The summed E-state index contributed by atoms with van der Waals surface area (Å²) < 4.78 is 70.8. The van der Waals surface area contributed by atoms with Crippen molar-refractivity contribution in [1.82, 2.24) is 28.7 Å². The fourth-order valence-electron chi connectivity index (χ4n) is 3.89. The number of halogens is 4. The molecule has 1 aliphatic heterocycles. The highest BCUT2D eigenvalue weighted by Crippen LogP contribution is 2.40. The van der Waals surface area contributed by atoms with E-state index in [2.05, 4.69) is 15.2 Å². The third-order valence-corrected chi connectivity index (χ3v) is 7.94. The Morgan fingerprint density at radius 3 is 2.47 bits per heavy atom. The maximum atomic E-state index is 13.6. The molecule has 1 fully saturated rings. The SMILES string of the molecule is Cc1nn(C)c(Cl)c1S(=O)(=O)N1CCC(c2cn3ncnc3cc2C(F)(F)F)CC1. The summed E-state index contributed by atoms with van der Waals surface area (Å²) >= 11 is 6.11. The summed E-state index contributed by atoms with van der Waals surface area (Å²) in [6.07, 6.45) is -1.55. The minimum absolute atomic E-state index is 0.00520. The average Bonchev–Trinajstić information content (AvgIpc) is 3.23. The highest BCUT2D eigenvalue weighted by molar-refractivity contribution is 7.89. The first kappa shape index (κ1) is 21.1. The molecule has 3 aromatic rings. The predicted molar refractivity (Wildman–Crippen MR) is 102 cm³/mol. The van der Waals surface area contributed by atoms with Crippen LogP contribution in [0.2, 0.25) is 5.15 Å². The van der Waals surface area contributed by atoms with Crippen LogP contribution < -0.4 is 0 Å². The van der Waals surface area contributed by atoms with Crippen molar-refractivity contribution in [3.8, 4) is 0 Å². The Morgan fingerprint density at radius 1 is 1.23 bits per heavy atom. The fraction of sp³-hybridized carbons (Fsp3) is 0.471. The fourth-order valence-corrected chi connectivity index (χ4v) is 6.06. The van der Waals surface area contributed by atoms with Crippen LogP contribution in [0.15, 0.2) is 23.5 Å². The summed E-state index contributed by atoms with van der Waals surface area (Å²) in [6.45, 7) is 1.70. The molecule has 30 heavy (non-hydrogen) atoms. The molecule has 1 aliphatic rings. The summed E-state index contributed by atoms with van der Waals surface area (Å²) in [4.78, 5) is 3.75. The molecule has 0 bridgehead atoms. The van der Waals surface area contributed by atoms with Crippen LogP contribution in [0.1, 0.15) is 35.6 Å². The van der Waals surface area contributed by atoms with Crippen molar-refractivity contribution >= 4 is 27.3 Å². The molecular weight excluding hydrogens is 445 g/mol. The first-order chi connectivity index (χ1) is 14.0. The Bertz CT molecular complexity index is 1210. The zero-order valence-electron chi connectivity index (χ0n) is 16.1. The van der Waals surface area contributed by atoms with Crippen molar-refractivity contribution in [2.75, 3.05) is 13.1 Å². The first-order valence-corrected chi connectivity index (χ1v) is 10.9. The number of aryl methyl sites for hydroxylation is 2. The molecule has 13 heteroatoms. The number of pyridine rings is 1. The van der Waals surface area contributed by atoms with E-state index in [1.165, 1.54) is 26.0 Å². The van der Waals surface area contributed by atoms with Gasteiger partial charge in [0.1, 0.15) is 16.4 Å². The number of alkyl halides is 3. The Morgan fingerprint density at radius 2 is 1.90 bits per heavy atom. The van der Waals surface area contributed by atoms with Crippen molar-refractivity contribution in [2.24, 2.45) is 7.05 Å². The molecule has 0 radical (unpaired) electrons. The lowest BCUT2D eigenvalue weighted by molar-refractivity contribution is -0.138. The van der Waals surface area contributed by atoms with Crippen LogP contribution in [0.3, 0.4) is 0 Å². The van der Waals surface area contributed by atoms with E-state index in [-0.39, 0.29) is 52.9 Å². The first-order valence-electron chi connectivity index (χ1n) is 9.10. The third kappa shape index (κ3) is 3.46. The maximum absolute atomic E-state index is 13.6. The van der Waals surface area contributed by atoms with Crippen molar-refractivity contribution in [3.63, 3.8) is 0 Å². The second kappa shape index (κ2) is 7.20. The Labute approximate surface area is 175 Å². The Balaban J connectivity index is 1.62. The van der Waals surface area contributed by atoms with Gasteiger partial charge in [-0.15, -0.1) is 0 Å². The molecule has 0 aliphatic carbocycles. The van der Waals surface area contributed by atoms with Gasteiger partial charge in [-0.1, -0.05) is 11.6 Å². The van der Waals surface area contributed by atoms with E-state index < -0.39 is 27.7 Å². The number of nitrogens with zero attached hydrogens (tertiary/aromatic N) is 6. The summed E-state index contributed by atoms with van der Waals surface area (Å²) in [5.41, 5.74) is -0.294. The molecule has 0 saturated carbocycles. The molecule has 0 spiro atoms. The molecule has 8 nitrogen and oxygen atoms in total. The average molecular weight is 463 g/mol. The van der Waals surface area contributed by atoms with Crippen molar-refractivity contribution in [2.45, 2.75) is 36.8 Å². The van der Waals surface area contributed by atoms with Crippen LogP contribution in [-0.4, -0.2) is 50.2 Å². The van der Waals surface area contributed by atoms with Gasteiger partial charge in [0.2, 0.25) is 10.0 Å². The molecule has 1 saturated heterocycles. The zero-order chi connectivity index (χ0) is 21.8. The zero-order valence-corrected chi connectivity index (χ0v) is 17.6. The van der Waals surface area contributed by atoms with E-state index in [1.54, 1.807) is 14.0 Å². The van der Waals surface area contributed by atoms with Gasteiger partial charge in [-0.25, -0.2) is 17.9 Å². The summed E-state index contributed by atoms with van der Waals surface area (Å²) in [6, 6.07) is 0.976. The molecule has 0 atom stereocenters. The van der Waals surface area contributed by atoms with Crippen LogP contribution in [0.5, 0.6) is 0 Å². The number of fused-ring (bicyclic) bond motifs is 1. The van der Waals surface area contributed by atoms with E-state index >= 15 is 0 Å². The van der Waals surface area contributed by atoms with Gasteiger partial charge in [0, 0.05) is 26.3 Å². The number of hydrogen-bond donors (Lipinski definition) is 0. The van der Waals surface area contributed by atoms with E-state index in [4.69, 9.17) is 11.6 Å². The smallest absolute Gasteiger partial charge is 0.255 e. The molecular formula is C17H18ClF3N6O2S. The number of rotatable bonds is 3. The largest absolute Gasteiger partial charge is 0.416 e. The monoisotopic (exact) mass is 462 g/mol. The van der Waals surface area contributed by atoms with Crippen LogP contribution in [0, 0.1) is 6.92 Å². The van der Waals surface area contributed by atoms with Gasteiger partial charge in [0.05, 0.1) is 11.3 Å². The van der Waals surface area contributed by atoms with Crippen molar-refractivity contribution in [3.05, 3.63) is 40.6 Å². The molecule has 3 aromatic heterocycles. The summed E-state index contributed by atoms with van der Waals surface area (Å²) in [7, 11) is -2.36. The van der Waals surface area contributed by atoms with Crippen LogP contribution in [0.25, 0.3) is 5.65 Å². The standard InChI is InChI=1S/C17H18ClF3N6O2S/c1-10-15(16(18)25(2)24-10)30(28,29)26-5-3-11(4-6-26)12-8-27-14(22-9-23-27)7-13(12)17(19,20)21/h7-9,11H,3-6H2,1-2H3. The predicted octanol–water partition coefficient (Wildman–Crippen LogP) is 3.01. The quantitative estimate of drug-likeness (QED) is 0.597. The lowest BCUT2D eigenvalue weighted by Gasteiger charge is -2.32. The minimum Gasteiger partial charge on any atom is -0.255 e. The van der Waals surface area contributed by atoms with E-state index in [9.17, 15) is 21.6 Å². The normalized spacial score (nSPS) is 17.1.